The smallest absolute Gasteiger partial charge is 0.236 e. The van der Waals surface area contributed by atoms with Crippen LogP contribution >= 0.6 is 11.6 Å². The summed E-state index contributed by atoms with van der Waals surface area (Å²) in [5.74, 6) is -0.494. The summed E-state index contributed by atoms with van der Waals surface area (Å²) >= 11 is 6.41. The first-order chi connectivity index (χ1) is 14.9. The van der Waals surface area contributed by atoms with Crippen LogP contribution in [0.1, 0.15) is 29.3 Å². The zero-order chi connectivity index (χ0) is 22.2. The third kappa shape index (κ3) is 3.45. The number of ether oxygens (including phenoxy) is 3. The van der Waals surface area contributed by atoms with Crippen molar-refractivity contribution in [2.45, 2.75) is 25.4 Å². The Labute approximate surface area is 186 Å². The average Bonchev–Trinajstić information content (AvgIpc) is 3.08. The molecule has 162 valence electrons. The first-order valence-corrected chi connectivity index (χ1v) is 10.5. The Bertz CT molecular complexity index is 1070. The van der Waals surface area contributed by atoms with Crippen molar-refractivity contribution in [1.29, 1.82) is 0 Å². The van der Waals surface area contributed by atoms with Crippen LogP contribution in [0.25, 0.3) is 0 Å². The molecular formula is C24H24ClNO5. The third-order valence-electron chi connectivity index (χ3n) is 5.92. The van der Waals surface area contributed by atoms with Crippen molar-refractivity contribution >= 4 is 23.2 Å². The number of benzene rings is 2. The molecule has 0 saturated heterocycles. The Morgan fingerprint density at radius 1 is 1.16 bits per heavy atom. The molecule has 1 spiro atoms. The molecular weight excluding hydrogens is 418 g/mol. The Balaban J connectivity index is 1.59. The summed E-state index contributed by atoms with van der Waals surface area (Å²) in [5.41, 5.74) is 0.545. The van der Waals surface area contributed by atoms with Crippen molar-refractivity contribution in [2.24, 2.45) is 5.92 Å². The summed E-state index contributed by atoms with van der Waals surface area (Å²) in [6, 6.07) is 11.6. The van der Waals surface area contributed by atoms with Crippen molar-refractivity contribution in [2.75, 3.05) is 20.8 Å². The van der Waals surface area contributed by atoms with E-state index in [0.29, 0.717) is 18.7 Å². The molecule has 1 heterocycles. The van der Waals surface area contributed by atoms with E-state index in [4.69, 9.17) is 25.8 Å². The SMILES string of the molecule is COc1cc(OC)c2c(c1Cl)O[C@@]1(C(=O)C=C(NCCc3ccccc3)C[C@H]1C)C2=O. The van der Waals surface area contributed by atoms with Gasteiger partial charge in [0.25, 0.3) is 0 Å². The van der Waals surface area contributed by atoms with E-state index in [0.717, 1.165) is 12.1 Å². The normalized spacial score (nSPS) is 22.1. The van der Waals surface area contributed by atoms with Crippen molar-refractivity contribution in [3.05, 3.63) is 64.3 Å². The van der Waals surface area contributed by atoms with Gasteiger partial charge < -0.3 is 19.5 Å². The molecule has 0 bridgehead atoms. The number of allylic oxidation sites excluding steroid dienone is 1. The molecule has 1 aliphatic carbocycles. The molecule has 0 fully saturated rings. The standard InChI is InChI=1S/C24H24ClNO5/c1-14-11-16(26-10-9-15-7-5-4-6-8-15)12-19(27)24(14)23(28)20-17(29-2)13-18(30-3)21(25)22(20)31-24/h4-8,12-14,26H,9-11H2,1-3H3/t14-,24+/m1/s1. The minimum Gasteiger partial charge on any atom is -0.496 e. The van der Waals surface area contributed by atoms with Crippen molar-refractivity contribution < 1.29 is 23.8 Å². The van der Waals surface area contributed by atoms with Gasteiger partial charge in [0.2, 0.25) is 17.2 Å². The summed E-state index contributed by atoms with van der Waals surface area (Å²) in [4.78, 5) is 26.7. The lowest BCUT2D eigenvalue weighted by molar-refractivity contribution is -0.129. The second kappa shape index (κ2) is 8.27. The van der Waals surface area contributed by atoms with Gasteiger partial charge in [-0.2, -0.15) is 0 Å². The number of fused-ring (bicyclic) bond motifs is 1. The molecule has 0 radical (unpaired) electrons. The lowest BCUT2D eigenvalue weighted by Crippen LogP contribution is -2.55. The maximum absolute atomic E-state index is 13.5. The molecule has 0 saturated carbocycles. The van der Waals surface area contributed by atoms with E-state index in [9.17, 15) is 9.59 Å². The van der Waals surface area contributed by atoms with Gasteiger partial charge in [0.1, 0.15) is 22.1 Å². The van der Waals surface area contributed by atoms with Crippen LogP contribution in [0.3, 0.4) is 0 Å². The van der Waals surface area contributed by atoms with Gasteiger partial charge >= 0.3 is 0 Å². The number of hydrogen-bond donors (Lipinski definition) is 1. The van der Waals surface area contributed by atoms with E-state index in [1.165, 1.54) is 31.9 Å². The number of carbonyl (C=O) groups excluding carboxylic acids is 2. The quantitative estimate of drug-likeness (QED) is 0.683. The summed E-state index contributed by atoms with van der Waals surface area (Å²) in [6.45, 7) is 2.53. The van der Waals surface area contributed by atoms with Gasteiger partial charge in [-0.05, 0) is 18.4 Å². The van der Waals surface area contributed by atoms with Gasteiger partial charge in [-0.3, -0.25) is 9.59 Å². The number of Topliss-reactive ketones (excluding diaryl/α,β-unsaturated/α-hetero) is 1. The molecule has 1 aliphatic heterocycles. The number of halogens is 1. The molecule has 2 aromatic carbocycles. The fraction of sp³-hybridized carbons (Fsp3) is 0.333. The van der Waals surface area contributed by atoms with Gasteiger partial charge in [0.15, 0.2) is 5.75 Å². The van der Waals surface area contributed by atoms with E-state index in [2.05, 4.69) is 17.4 Å². The number of carbonyl (C=O) groups is 2. The summed E-state index contributed by atoms with van der Waals surface area (Å²) < 4.78 is 16.7. The predicted octanol–water partition coefficient (Wildman–Crippen LogP) is 4.00. The molecule has 2 aromatic rings. The molecule has 2 atom stereocenters. The van der Waals surface area contributed by atoms with Crippen LogP contribution in [0.5, 0.6) is 17.2 Å². The second-order valence-corrected chi connectivity index (χ2v) is 8.15. The number of methoxy groups -OCH3 is 2. The second-order valence-electron chi connectivity index (χ2n) is 7.77. The van der Waals surface area contributed by atoms with Crippen LogP contribution in [0.2, 0.25) is 5.02 Å². The van der Waals surface area contributed by atoms with Crippen LogP contribution in [0.15, 0.2) is 48.2 Å². The van der Waals surface area contributed by atoms with Crippen molar-refractivity contribution in [3.63, 3.8) is 0 Å². The third-order valence-corrected chi connectivity index (χ3v) is 6.28. The van der Waals surface area contributed by atoms with E-state index in [-0.39, 0.29) is 22.1 Å². The largest absolute Gasteiger partial charge is 0.496 e. The lowest BCUT2D eigenvalue weighted by Gasteiger charge is -2.35. The highest BCUT2D eigenvalue weighted by molar-refractivity contribution is 6.36. The van der Waals surface area contributed by atoms with Crippen molar-refractivity contribution in [1.82, 2.24) is 5.32 Å². The fourth-order valence-electron chi connectivity index (χ4n) is 4.26. The Kier molecular flexibility index (Phi) is 5.67. The van der Waals surface area contributed by atoms with Crippen LogP contribution < -0.4 is 19.5 Å². The molecule has 0 aromatic heterocycles. The van der Waals surface area contributed by atoms with Gasteiger partial charge in [0.05, 0.1) is 14.2 Å². The summed E-state index contributed by atoms with van der Waals surface area (Å²) in [6.07, 6.45) is 2.81. The summed E-state index contributed by atoms with van der Waals surface area (Å²) in [5, 5.41) is 3.48. The molecule has 1 N–H and O–H groups in total. The molecule has 2 aliphatic rings. The Morgan fingerprint density at radius 2 is 1.87 bits per heavy atom. The zero-order valence-electron chi connectivity index (χ0n) is 17.7. The van der Waals surface area contributed by atoms with Gasteiger partial charge in [-0.1, -0.05) is 48.9 Å². The summed E-state index contributed by atoms with van der Waals surface area (Å²) in [7, 11) is 2.91. The molecule has 4 rings (SSSR count). The maximum Gasteiger partial charge on any atom is 0.236 e. The highest BCUT2D eigenvalue weighted by atomic mass is 35.5. The number of ketones is 2. The zero-order valence-corrected chi connectivity index (χ0v) is 18.4. The monoisotopic (exact) mass is 441 g/mol. The van der Waals surface area contributed by atoms with Gasteiger partial charge in [-0.15, -0.1) is 0 Å². The maximum atomic E-state index is 13.5. The molecule has 0 unspecified atom stereocenters. The minimum atomic E-state index is -1.64. The number of rotatable bonds is 6. The Hall–Kier alpha value is -2.99. The topological polar surface area (TPSA) is 73.9 Å². The van der Waals surface area contributed by atoms with E-state index in [1.54, 1.807) is 0 Å². The predicted molar refractivity (Wildman–Crippen MR) is 117 cm³/mol. The van der Waals surface area contributed by atoms with Gasteiger partial charge in [0, 0.05) is 30.3 Å². The first kappa shape index (κ1) is 21.2. The molecule has 0 amide bonds. The van der Waals surface area contributed by atoms with Crippen LogP contribution in [0.4, 0.5) is 0 Å². The van der Waals surface area contributed by atoms with E-state index >= 15 is 0 Å². The number of hydrogen-bond acceptors (Lipinski definition) is 6. The van der Waals surface area contributed by atoms with Gasteiger partial charge in [-0.25, -0.2) is 0 Å². The lowest BCUT2D eigenvalue weighted by atomic mass is 9.74. The first-order valence-electron chi connectivity index (χ1n) is 10.1. The highest BCUT2D eigenvalue weighted by Crippen LogP contribution is 2.52. The fourth-order valence-corrected chi connectivity index (χ4v) is 4.53. The van der Waals surface area contributed by atoms with Crippen molar-refractivity contribution in [3.8, 4) is 17.2 Å². The van der Waals surface area contributed by atoms with Crippen LogP contribution in [-0.4, -0.2) is 37.9 Å². The highest BCUT2D eigenvalue weighted by Gasteiger charge is 2.60. The molecule has 6 nitrogen and oxygen atoms in total. The molecule has 7 heteroatoms. The Morgan fingerprint density at radius 3 is 2.52 bits per heavy atom. The number of nitrogens with one attached hydrogen (secondary N) is 1. The van der Waals surface area contributed by atoms with E-state index < -0.39 is 23.1 Å². The molecule has 31 heavy (non-hydrogen) atoms. The average molecular weight is 442 g/mol. The van der Waals surface area contributed by atoms with E-state index in [1.807, 2.05) is 25.1 Å². The van der Waals surface area contributed by atoms with Crippen LogP contribution in [0, 0.1) is 5.92 Å². The minimum absolute atomic E-state index is 0.136. The van der Waals surface area contributed by atoms with Crippen LogP contribution in [-0.2, 0) is 11.2 Å².